The van der Waals surface area contributed by atoms with Crippen molar-refractivity contribution in [2.75, 3.05) is 33.4 Å². The highest BCUT2D eigenvalue weighted by Gasteiger charge is 2.12. The summed E-state index contributed by atoms with van der Waals surface area (Å²) in [5, 5.41) is 7.64. The van der Waals surface area contributed by atoms with Crippen LogP contribution in [0.5, 0.6) is 5.75 Å². The molecule has 1 aromatic carbocycles. The number of aryl methyl sites for hydroxylation is 1. The average Bonchev–Trinajstić information content (AvgIpc) is 3.07. The zero-order valence-corrected chi connectivity index (χ0v) is 13.8. The molecule has 1 N–H and O–H groups in total. The summed E-state index contributed by atoms with van der Waals surface area (Å²) < 4.78 is 13.4. The van der Waals surface area contributed by atoms with E-state index in [9.17, 15) is 0 Å². The van der Waals surface area contributed by atoms with Crippen molar-refractivity contribution in [1.29, 1.82) is 0 Å². The summed E-state index contributed by atoms with van der Waals surface area (Å²) in [6, 6.07) is 4.23. The van der Waals surface area contributed by atoms with E-state index in [1.165, 1.54) is 9.40 Å². The third-order valence-corrected chi connectivity index (χ3v) is 5.03. The van der Waals surface area contributed by atoms with Crippen LogP contribution in [0.4, 0.5) is 0 Å². The number of aromatic nitrogens is 1. The SMILES string of the molecule is COCCNCCOc1cc2sc(C)nc2c2sccc12. The van der Waals surface area contributed by atoms with Gasteiger partial charge in [0.15, 0.2) is 0 Å². The second-order valence-corrected chi connectivity index (χ2v) is 6.86. The van der Waals surface area contributed by atoms with E-state index in [1.54, 1.807) is 29.8 Å². The van der Waals surface area contributed by atoms with Crippen LogP contribution in [0.25, 0.3) is 20.3 Å². The summed E-state index contributed by atoms with van der Waals surface area (Å²) >= 11 is 3.44. The molecule has 0 bridgehead atoms. The van der Waals surface area contributed by atoms with Crippen molar-refractivity contribution in [3.63, 3.8) is 0 Å². The van der Waals surface area contributed by atoms with Gasteiger partial charge in [-0.1, -0.05) is 0 Å². The highest BCUT2D eigenvalue weighted by atomic mass is 32.1. The minimum Gasteiger partial charge on any atom is -0.492 e. The van der Waals surface area contributed by atoms with Crippen LogP contribution in [-0.2, 0) is 4.74 Å². The maximum absolute atomic E-state index is 5.96. The van der Waals surface area contributed by atoms with Crippen LogP contribution in [0, 0.1) is 6.92 Å². The van der Waals surface area contributed by atoms with E-state index in [0.717, 1.165) is 41.4 Å². The fourth-order valence-corrected chi connectivity index (χ4v) is 4.07. The molecule has 6 heteroatoms. The molecule has 0 aliphatic rings. The Hall–Kier alpha value is -1.21. The Morgan fingerprint density at radius 1 is 1.29 bits per heavy atom. The summed E-state index contributed by atoms with van der Waals surface area (Å²) in [6.07, 6.45) is 0. The maximum Gasteiger partial charge on any atom is 0.129 e. The lowest BCUT2D eigenvalue weighted by atomic mass is 10.2. The lowest BCUT2D eigenvalue weighted by molar-refractivity contribution is 0.197. The van der Waals surface area contributed by atoms with Gasteiger partial charge in [-0.2, -0.15) is 0 Å². The molecule has 4 nitrogen and oxygen atoms in total. The standard InChI is InChI=1S/C15H18N2O2S2/c1-10-17-14-13(21-10)9-12(11-3-8-20-15(11)14)19-7-5-16-4-6-18-2/h3,8-9,16H,4-7H2,1-2H3. The van der Waals surface area contributed by atoms with Crippen molar-refractivity contribution >= 4 is 43.0 Å². The van der Waals surface area contributed by atoms with Crippen LogP contribution in [0.1, 0.15) is 5.01 Å². The van der Waals surface area contributed by atoms with Crippen LogP contribution < -0.4 is 10.1 Å². The number of ether oxygens (including phenoxy) is 2. The molecule has 0 saturated carbocycles. The van der Waals surface area contributed by atoms with Gasteiger partial charge in [0.05, 0.1) is 26.5 Å². The predicted octanol–water partition coefficient (Wildman–Crippen LogP) is 3.43. The molecule has 112 valence electrons. The Kier molecular flexibility index (Phi) is 4.70. The first kappa shape index (κ1) is 14.7. The van der Waals surface area contributed by atoms with Crippen molar-refractivity contribution in [3.8, 4) is 5.75 Å². The third kappa shape index (κ3) is 3.18. The van der Waals surface area contributed by atoms with E-state index >= 15 is 0 Å². The van der Waals surface area contributed by atoms with E-state index in [1.807, 2.05) is 6.92 Å². The molecule has 0 aliphatic heterocycles. The molecule has 0 atom stereocenters. The molecule has 3 aromatic rings. The normalized spacial score (nSPS) is 11.5. The van der Waals surface area contributed by atoms with E-state index in [2.05, 4.69) is 27.8 Å². The second-order valence-electron chi connectivity index (χ2n) is 4.71. The van der Waals surface area contributed by atoms with Crippen molar-refractivity contribution in [3.05, 3.63) is 22.5 Å². The number of hydrogen-bond donors (Lipinski definition) is 1. The highest BCUT2D eigenvalue weighted by molar-refractivity contribution is 7.21. The number of fused-ring (bicyclic) bond motifs is 3. The maximum atomic E-state index is 5.96. The molecule has 0 radical (unpaired) electrons. The van der Waals surface area contributed by atoms with E-state index in [-0.39, 0.29) is 0 Å². The largest absolute Gasteiger partial charge is 0.492 e. The minimum atomic E-state index is 0.651. The summed E-state index contributed by atoms with van der Waals surface area (Å²) in [5.74, 6) is 0.955. The van der Waals surface area contributed by atoms with E-state index < -0.39 is 0 Å². The van der Waals surface area contributed by atoms with Crippen LogP contribution in [0.2, 0.25) is 0 Å². The quantitative estimate of drug-likeness (QED) is 0.677. The number of thiazole rings is 1. The molecule has 0 spiro atoms. The summed E-state index contributed by atoms with van der Waals surface area (Å²) in [7, 11) is 1.71. The van der Waals surface area contributed by atoms with Crippen molar-refractivity contribution in [2.45, 2.75) is 6.92 Å². The molecule has 3 rings (SSSR count). The Bertz CT molecular complexity index is 736. The first-order valence-electron chi connectivity index (χ1n) is 6.89. The number of rotatable bonds is 7. The first-order chi connectivity index (χ1) is 10.3. The topological polar surface area (TPSA) is 43.4 Å². The van der Waals surface area contributed by atoms with Gasteiger partial charge in [0.25, 0.3) is 0 Å². The van der Waals surface area contributed by atoms with Crippen molar-refractivity contribution in [1.82, 2.24) is 10.3 Å². The highest BCUT2D eigenvalue weighted by Crippen LogP contribution is 2.38. The zero-order chi connectivity index (χ0) is 14.7. The summed E-state index contributed by atoms with van der Waals surface area (Å²) in [4.78, 5) is 4.63. The number of nitrogens with one attached hydrogen (secondary N) is 1. The number of benzene rings is 1. The van der Waals surface area contributed by atoms with Crippen molar-refractivity contribution in [2.24, 2.45) is 0 Å². The number of hydrogen-bond acceptors (Lipinski definition) is 6. The van der Waals surface area contributed by atoms with Crippen molar-refractivity contribution < 1.29 is 9.47 Å². The van der Waals surface area contributed by atoms with E-state index in [0.29, 0.717) is 6.61 Å². The van der Waals surface area contributed by atoms with Crippen LogP contribution in [-0.4, -0.2) is 38.4 Å². The summed E-state index contributed by atoms with van der Waals surface area (Å²) in [6.45, 7) is 5.08. The Morgan fingerprint density at radius 3 is 3.00 bits per heavy atom. The Balaban J connectivity index is 1.76. The number of methoxy groups -OCH3 is 1. The average molecular weight is 322 g/mol. The molecule has 0 amide bonds. The summed E-state index contributed by atoms with van der Waals surface area (Å²) in [5.41, 5.74) is 1.10. The predicted molar refractivity (Wildman–Crippen MR) is 90.0 cm³/mol. The van der Waals surface area contributed by atoms with Crippen LogP contribution in [0.15, 0.2) is 17.5 Å². The molecule has 21 heavy (non-hydrogen) atoms. The fraction of sp³-hybridized carbons (Fsp3) is 0.400. The van der Waals surface area contributed by atoms with Gasteiger partial charge in [-0.3, -0.25) is 0 Å². The number of thiophene rings is 1. The van der Waals surface area contributed by atoms with Gasteiger partial charge in [0.2, 0.25) is 0 Å². The minimum absolute atomic E-state index is 0.651. The van der Waals surface area contributed by atoms with Gasteiger partial charge in [-0.05, 0) is 18.4 Å². The lowest BCUT2D eigenvalue weighted by Gasteiger charge is -2.09. The zero-order valence-electron chi connectivity index (χ0n) is 12.1. The van der Waals surface area contributed by atoms with Gasteiger partial charge in [-0.15, -0.1) is 22.7 Å². The van der Waals surface area contributed by atoms with Gasteiger partial charge in [0.1, 0.15) is 12.4 Å². The molecular weight excluding hydrogens is 304 g/mol. The molecule has 2 heterocycles. The first-order valence-corrected chi connectivity index (χ1v) is 8.59. The third-order valence-electron chi connectivity index (χ3n) is 3.19. The van der Waals surface area contributed by atoms with Crippen LogP contribution in [0.3, 0.4) is 0 Å². The number of nitrogens with zero attached hydrogens (tertiary/aromatic N) is 1. The Labute approximate surface area is 131 Å². The van der Waals surface area contributed by atoms with Gasteiger partial charge in [0, 0.05) is 31.7 Å². The van der Waals surface area contributed by atoms with Gasteiger partial charge in [-0.25, -0.2) is 4.98 Å². The van der Waals surface area contributed by atoms with E-state index in [4.69, 9.17) is 9.47 Å². The van der Waals surface area contributed by atoms with Crippen LogP contribution >= 0.6 is 22.7 Å². The van der Waals surface area contributed by atoms with Gasteiger partial charge < -0.3 is 14.8 Å². The smallest absolute Gasteiger partial charge is 0.129 e. The lowest BCUT2D eigenvalue weighted by Crippen LogP contribution is -2.24. The molecule has 0 unspecified atom stereocenters. The molecule has 0 aliphatic carbocycles. The molecule has 2 aromatic heterocycles. The Morgan fingerprint density at radius 2 is 2.14 bits per heavy atom. The van der Waals surface area contributed by atoms with Gasteiger partial charge >= 0.3 is 0 Å². The fourth-order valence-electron chi connectivity index (χ4n) is 2.24. The molecule has 0 fully saturated rings. The molecule has 0 saturated heterocycles. The molecular formula is C15H18N2O2S2. The monoisotopic (exact) mass is 322 g/mol. The second kappa shape index (κ2) is 6.70.